The number of anilines is 1. The molecule has 3 heterocycles. The van der Waals surface area contributed by atoms with E-state index in [4.69, 9.17) is 0 Å². The number of para-hydroxylation sites is 1. The van der Waals surface area contributed by atoms with Crippen molar-refractivity contribution in [1.29, 1.82) is 0 Å². The Labute approximate surface area is 166 Å². The van der Waals surface area contributed by atoms with Gasteiger partial charge >= 0.3 is 6.03 Å². The third-order valence-electron chi connectivity index (χ3n) is 6.03. The van der Waals surface area contributed by atoms with Crippen molar-refractivity contribution in [2.24, 2.45) is 0 Å². The number of nitrogens with one attached hydrogen (secondary N) is 2. The largest absolute Gasteiger partial charge is 0.335 e. The van der Waals surface area contributed by atoms with Crippen molar-refractivity contribution in [3.8, 4) is 0 Å². The van der Waals surface area contributed by atoms with Crippen LogP contribution in [0.4, 0.5) is 10.5 Å². The highest BCUT2D eigenvalue weighted by atomic mass is 32.1. The number of carbonyl (C=O) groups excluding carboxylic acids is 1. The second kappa shape index (κ2) is 8.44. The Bertz CT molecular complexity index is 747. The van der Waals surface area contributed by atoms with Crippen LogP contribution in [0.2, 0.25) is 0 Å². The second-order valence-corrected chi connectivity index (χ2v) is 8.80. The second-order valence-electron chi connectivity index (χ2n) is 7.77. The molecule has 1 aromatic carbocycles. The number of aryl methyl sites for hydroxylation is 1. The van der Waals surface area contributed by atoms with Crippen molar-refractivity contribution < 1.29 is 4.79 Å². The molecule has 2 aliphatic rings. The van der Waals surface area contributed by atoms with E-state index in [2.05, 4.69) is 46.0 Å². The summed E-state index contributed by atoms with van der Waals surface area (Å²) in [6.45, 7) is 3.18. The SMILES string of the molecule is CCc1ccccc1NC(=O)NC1CC2CCCC(C1)N2Cc1cccs1. The first kappa shape index (κ1) is 18.5. The number of nitrogens with zero attached hydrogens (tertiary/aromatic N) is 1. The van der Waals surface area contributed by atoms with Gasteiger partial charge in [0, 0.05) is 35.2 Å². The molecule has 2 N–H and O–H groups in total. The Kier molecular flexibility index (Phi) is 5.79. The van der Waals surface area contributed by atoms with E-state index < -0.39 is 0 Å². The lowest BCUT2D eigenvalue weighted by Gasteiger charge is -2.49. The van der Waals surface area contributed by atoms with Crippen LogP contribution in [0.1, 0.15) is 49.5 Å². The maximum Gasteiger partial charge on any atom is 0.319 e. The van der Waals surface area contributed by atoms with Crippen molar-refractivity contribution in [2.45, 2.75) is 70.1 Å². The highest BCUT2D eigenvalue weighted by molar-refractivity contribution is 7.09. The molecule has 2 unspecified atom stereocenters. The zero-order chi connectivity index (χ0) is 18.6. The molecule has 27 heavy (non-hydrogen) atoms. The van der Waals surface area contributed by atoms with Gasteiger partial charge in [0.1, 0.15) is 0 Å². The fourth-order valence-electron chi connectivity index (χ4n) is 4.73. The third-order valence-corrected chi connectivity index (χ3v) is 6.89. The lowest BCUT2D eigenvalue weighted by molar-refractivity contribution is 0.0208. The number of rotatable bonds is 5. The molecular formula is C22H29N3OS. The molecule has 1 aromatic heterocycles. The fraction of sp³-hybridized carbons (Fsp3) is 0.500. The van der Waals surface area contributed by atoms with E-state index in [1.807, 2.05) is 29.5 Å². The number of benzene rings is 1. The van der Waals surface area contributed by atoms with Crippen LogP contribution >= 0.6 is 11.3 Å². The van der Waals surface area contributed by atoms with Crippen LogP contribution in [0.5, 0.6) is 0 Å². The molecule has 0 spiro atoms. The Morgan fingerprint density at radius 2 is 1.93 bits per heavy atom. The van der Waals surface area contributed by atoms with Crippen molar-refractivity contribution in [2.75, 3.05) is 5.32 Å². The number of hydrogen-bond donors (Lipinski definition) is 2. The molecule has 0 radical (unpaired) electrons. The zero-order valence-corrected chi connectivity index (χ0v) is 16.8. The van der Waals surface area contributed by atoms with E-state index >= 15 is 0 Å². The van der Waals surface area contributed by atoms with Gasteiger partial charge in [-0.2, -0.15) is 0 Å². The van der Waals surface area contributed by atoms with Gasteiger partial charge < -0.3 is 10.6 Å². The highest BCUT2D eigenvalue weighted by Gasteiger charge is 2.38. The Hall–Kier alpha value is -1.85. The number of carbonyl (C=O) groups is 1. The van der Waals surface area contributed by atoms with Gasteiger partial charge in [-0.25, -0.2) is 4.79 Å². The summed E-state index contributed by atoms with van der Waals surface area (Å²) < 4.78 is 0. The molecule has 2 aromatic rings. The smallest absolute Gasteiger partial charge is 0.319 e. The standard InChI is InChI=1S/C22H29N3OS/c1-2-16-7-3-4-11-21(16)24-22(26)23-17-13-18-8-5-9-19(14-17)25(18)15-20-10-6-12-27-20/h3-4,6-7,10-12,17-19H,2,5,8-9,13-15H2,1H3,(H2,23,24,26). The molecule has 144 valence electrons. The van der Waals surface area contributed by atoms with Gasteiger partial charge in [-0.1, -0.05) is 37.6 Å². The van der Waals surface area contributed by atoms with Gasteiger partial charge in [0.25, 0.3) is 0 Å². The summed E-state index contributed by atoms with van der Waals surface area (Å²) in [5.41, 5.74) is 2.10. The number of thiophene rings is 1. The summed E-state index contributed by atoms with van der Waals surface area (Å²) in [6.07, 6.45) is 6.86. The Balaban J connectivity index is 1.36. The summed E-state index contributed by atoms with van der Waals surface area (Å²) in [7, 11) is 0. The molecule has 0 saturated carbocycles. The summed E-state index contributed by atoms with van der Waals surface area (Å²) >= 11 is 1.85. The highest BCUT2D eigenvalue weighted by Crippen LogP contribution is 2.35. The van der Waals surface area contributed by atoms with Crippen molar-refractivity contribution >= 4 is 23.1 Å². The molecule has 4 nitrogen and oxygen atoms in total. The van der Waals surface area contributed by atoms with Crippen molar-refractivity contribution in [3.63, 3.8) is 0 Å². The summed E-state index contributed by atoms with van der Waals surface area (Å²) in [5.74, 6) is 0. The molecular weight excluding hydrogens is 354 g/mol. The van der Waals surface area contributed by atoms with Crippen LogP contribution in [0.25, 0.3) is 0 Å². The minimum absolute atomic E-state index is 0.0642. The van der Waals surface area contributed by atoms with Crippen LogP contribution < -0.4 is 10.6 Å². The van der Waals surface area contributed by atoms with Gasteiger partial charge in [-0.3, -0.25) is 4.90 Å². The van der Waals surface area contributed by atoms with E-state index in [0.29, 0.717) is 12.1 Å². The van der Waals surface area contributed by atoms with Gasteiger partial charge in [0.05, 0.1) is 0 Å². The lowest BCUT2D eigenvalue weighted by atomic mass is 9.81. The van der Waals surface area contributed by atoms with Crippen molar-refractivity contribution in [3.05, 3.63) is 52.2 Å². The average Bonchev–Trinajstić information content (AvgIpc) is 3.16. The maximum absolute atomic E-state index is 12.6. The Morgan fingerprint density at radius 3 is 2.63 bits per heavy atom. The molecule has 2 fully saturated rings. The molecule has 0 aliphatic carbocycles. The fourth-order valence-corrected chi connectivity index (χ4v) is 5.44. The predicted octanol–water partition coefficient (Wildman–Crippen LogP) is 5.02. The van der Waals surface area contributed by atoms with Crippen LogP contribution in [-0.4, -0.2) is 29.1 Å². The van der Waals surface area contributed by atoms with E-state index in [1.165, 1.54) is 29.7 Å². The van der Waals surface area contributed by atoms with Gasteiger partial charge in [-0.15, -0.1) is 11.3 Å². The lowest BCUT2D eigenvalue weighted by Crippen LogP contribution is -2.56. The molecule has 4 rings (SSSR count). The predicted molar refractivity (Wildman–Crippen MR) is 112 cm³/mol. The zero-order valence-electron chi connectivity index (χ0n) is 16.0. The number of fused-ring (bicyclic) bond motifs is 2. The number of piperidine rings is 2. The molecule has 2 bridgehead atoms. The third kappa shape index (κ3) is 4.36. The normalized spacial score (nSPS) is 25.1. The first-order valence-electron chi connectivity index (χ1n) is 10.2. The quantitative estimate of drug-likeness (QED) is 0.761. The number of hydrogen-bond acceptors (Lipinski definition) is 3. The van der Waals surface area contributed by atoms with Crippen LogP contribution in [0.15, 0.2) is 41.8 Å². The van der Waals surface area contributed by atoms with Gasteiger partial charge in [-0.05, 0) is 55.2 Å². The van der Waals surface area contributed by atoms with Gasteiger partial charge in [0.2, 0.25) is 0 Å². The minimum atomic E-state index is -0.0642. The first-order chi connectivity index (χ1) is 13.2. The number of urea groups is 1. The number of amides is 2. The van der Waals surface area contributed by atoms with Crippen molar-refractivity contribution in [1.82, 2.24) is 10.2 Å². The first-order valence-corrected chi connectivity index (χ1v) is 11.0. The minimum Gasteiger partial charge on any atom is -0.335 e. The molecule has 2 atom stereocenters. The van der Waals surface area contributed by atoms with E-state index in [0.717, 1.165) is 31.5 Å². The van der Waals surface area contributed by atoms with Gasteiger partial charge in [0.15, 0.2) is 0 Å². The van der Waals surface area contributed by atoms with Crippen LogP contribution in [0.3, 0.4) is 0 Å². The summed E-state index contributed by atoms with van der Waals surface area (Å²) in [4.78, 5) is 16.7. The molecule has 2 aliphatic heterocycles. The van der Waals surface area contributed by atoms with Crippen LogP contribution in [-0.2, 0) is 13.0 Å². The summed E-state index contributed by atoms with van der Waals surface area (Å²) in [5, 5.41) is 8.48. The van der Waals surface area contributed by atoms with E-state index in [1.54, 1.807) is 0 Å². The van der Waals surface area contributed by atoms with E-state index in [-0.39, 0.29) is 12.1 Å². The Morgan fingerprint density at radius 1 is 1.15 bits per heavy atom. The maximum atomic E-state index is 12.6. The van der Waals surface area contributed by atoms with E-state index in [9.17, 15) is 4.79 Å². The molecule has 5 heteroatoms. The van der Waals surface area contributed by atoms with Crippen LogP contribution in [0, 0.1) is 0 Å². The average molecular weight is 384 g/mol. The molecule has 2 amide bonds. The molecule has 2 saturated heterocycles. The topological polar surface area (TPSA) is 44.4 Å². The monoisotopic (exact) mass is 383 g/mol. The summed E-state index contributed by atoms with van der Waals surface area (Å²) in [6, 6.07) is 13.8.